The first-order valence-corrected chi connectivity index (χ1v) is 7.76. The molecule has 4 nitrogen and oxygen atoms in total. The minimum Gasteiger partial charge on any atom is -0.320 e. The summed E-state index contributed by atoms with van der Waals surface area (Å²) in [4.78, 5) is 16.0. The van der Waals surface area contributed by atoms with Crippen molar-refractivity contribution in [3.63, 3.8) is 0 Å². The largest absolute Gasteiger partial charge is 0.416 e. The first-order valence-electron chi connectivity index (χ1n) is 6.88. The van der Waals surface area contributed by atoms with Gasteiger partial charge in [-0.05, 0) is 18.1 Å². The lowest BCUT2D eigenvalue weighted by Gasteiger charge is -2.13. The Morgan fingerprint density at radius 3 is 2.65 bits per heavy atom. The third-order valence-corrected chi connectivity index (χ3v) is 4.00. The minimum absolute atomic E-state index is 0.0297. The summed E-state index contributed by atoms with van der Waals surface area (Å²) in [6.45, 7) is 3.64. The number of halogens is 3. The Bertz CT molecular complexity index is 697. The first-order chi connectivity index (χ1) is 10.7. The Balaban J connectivity index is 2.18. The van der Waals surface area contributed by atoms with Crippen molar-refractivity contribution in [2.75, 3.05) is 5.32 Å². The summed E-state index contributed by atoms with van der Waals surface area (Å²) in [7, 11) is 0. The number of hydrogen-bond acceptors (Lipinski definition) is 4. The smallest absolute Gasteiger partial charge is 0.320 e. The zero-order chi connectivity index (χ0) is 17.2. The van der Waals surface area contributed by atoms with E-state index in [1.54, 1.807) is 5.38 Å². The van der Waals surface area contributed by atoms with Gasteiger partial charge < -0.3 is 11.1 Å². The fourth-order valence-electron chi connectivity index (χ4n) is 1.81. The minimum atomic E-state index is -4.41. The van der Waals surface area contributed by atoms with Crippen LogP contribution < -0.4 is 11.1 Å². The highest BCUT2D eigenvalue weighted by Gasteiger charge is 2.30. The predicted octanol–water partition coefficient (Wildman–Crippen LogP) is 3.75. The number of nitrogens with one attached hydrogen (secondary N) is 1. The van der Waals surface area contributed by atoms with Crippen molar-refractivity contribution in [2.24, 2.45) is 11.7 Å². The number of nitrogens with two attached hydrogens (primary N) is 1. The number of amides is 1. The van der Waals surface area contributed by atoms with E-state index in [4.69, 9.17) is 5.73 Å². The lowest BCUT2D eigenvalue weighted by molar-refractivity contribution is -0.137. The van der Waals surface area contributed by atoms with Crippen LogP contribution in [0.25, 0.3) is 11.3 Å². The Kier molecular flexibility index (Phi) is 5.06. The van der Waals surface area contributed by atoms with Gasteiger partial charge >= 0.3 is 6.18 Å². The third kappa shape index (κ3) is 4.29. The zero-order valence-corrected chi connectivity index (χ0v) is 13.3. The average Bonchev–Trinajstić information content (AvgIpc) is 2.94. The van der Waals surface area contributed by atoms with Crippen molar-refractivity contribution in [3.8, 4) is 11.3 Å². The van der Waals surface area contributed by atoms with Crippen LogP contribution in [0.3, 0.4) is 0 Å². The van der Waals surface area contributed by atoms with Gasteiger partial charge in [0.2, 0.25) is 5.91 Å². The average molecular weight is 343 g/mol. The molecule has 1 atom stereocenters. The summed E-state index contributed by atoms with van der Waals surface area (Å²) < 4.78 is 38.2. The van der Waals surface area contributed by atoms with Gasteiger partial charge in [0.25, 0.3) is 0 Å². The van der Waals surface area contributed by atoms with Gasteiger partial charge in [0.05, 0.1) is 17.3 Å². The molecule has 0 spiro atoms. The molecule has 0 aliphatic heterocycles. The van der Waals surface area contributed by atoms with Crippen LogP contribution in [0.4, 0.5) is 18.3 Å². The van der Waals surface area contributed by atoms with Crippen LogP contribution in [-0.2, 0) is 11.0 Å². The van der Waals surface area contributed by atoms with Gasteiger partial charge in [0.1, 0.15) is 0 Å². The topological polar surface area (TPSA) is 68.0 Å². The number of thiazole rings is 1. The lowest BCUT2D eigenvalue weighted by Crippen LogP contribution is -2.39. The van der Waals surface area contributed by atoms with E-state index in [0.717, 1.165) is 23.5 Å². The van der Waals surface area contributed by atoms with Crippen LogP contribution in [0.5, 0.6) is 0 Å². The molecular weight excluding hydrogens is 327 g/mol. The second-order valence-electron chi connectivity index (χ2n) is 5.38. The van der Waals surface area contributed by atoms with Crippen molar-refractivity contribution in [3.05, 3.63) is 35.2 Å². The highest BCUT2D eigenvalue weighted by molar-refractivity contribution is 7.14. The van der Waals surface area contributed by atoms with E-state index in [0.29, 0.717) is 16.4 Å². The van der Waals surface area contributed by atoms with Gasteiger partial charge in [-0.3, -0.25) is 4.79 Å². The molecule has 2 rings (SSSR count). The van der Waals surface area contributed by atoms with Crippen molar-refractivity contribution >= 4 is 22.4 Å². The number of alkyl halides is 3. The van der Waals surface area contributed by atoms with Crippen LogP contribution in [0.2, 0.25) is 0 Å². The van der Waals surface area contributed by atoms with Crippen molar-refractivity contribution < 1.29 is 18.0 Å². The van der Waals surface area contributed by atoms with Gasteiger partial charge in [0, 0.05) is 10.9 Å². The molecule has 0 radical (unpaired) electrons. The number of benzene rings is 1. The third-order valence-electron chi connectivity index (χ3n) is 3.24. The number of rotatable bonds is 4. The fourth-order valence-corrected chi connectivity index (χ4v) is 2.53. The number of carbonyl (C=O) groups is 1. The second kappa shape index (κ2) is 6.67. The molecular formula is C15H16F3N3OS. The van der Waals surface area contributed by atoms with E-state index in [1.165, 1.54) is 12.1 Å². The number of nitrogens with zero attached hydrogens (tertiary/aromatic N) is 1. The van der Waals surface area contributed by atoms with E-state index >= 15 is 0 Å². The summed E-state index contributed by atoms with van der Waals surface area (Å²) in [6, 6.07) is 4.22. The molecule has 1 aromatic carbocycles. The summed E-state index contributed by atoms with van der Waals surface area (Å²) in [5.74, 6) is -0.400. The van der Waals surface area contributed by atoms with Crippen LogP contribution in [-0.4, -0.2) is 16.9 Å². The second-order valence-corrected chi connectivity index (χ2v) is 6.23. The molecule has 0 saturated heterocycles. The normalized spacial score (nSPS) is 13.2. The van der Waals surface area contributed by atoms with E-state index in [-0.39, 0.29) is 11.8 Å². The maximum absolute atomic E-state index is 12.7. The van der Waals surface area contributed by atoms with Crippen LogP contribution >= 0.6 is 11.3 Å². The molecule has 8 heteroatoms. The molecule has 124 valence electrons. The Morgan fingerprint density at radius 2 is 2.04 bits per heavy atom. The summed E-state index contributed by atoms with van der Waals surface area (Å²) >= 11 is 1.14. The molecule has 0 aliphatic carbocycles. The van der Waals surface area contributed by atoms with Crippen LogP contribution in [0, 0.1) is 5.92 Å². The number of hydrogen-bond donors (Lipinski definition) is 2. The number of aromatic nitrogens is 1. The van der Waals surface area contributed by atoms with E-state index in [1.807, 2.05) is 13.8 Å². The van der Waals surface area contributed by atoms with Crippen molar-refractivity contribution in [2.45, 2.75) is 26.1 Å². The van der Waals surface area contributed by atoms with Crippen LogP contribution in [0.1, 0.15) is 19.4 Å². The molecule has 0 saturated carbocycles. The zero-order valence-electron chi connectivity index (χ0n) is 12.5. The molecule has 0 bridgehead atoms. The quantitative estimate of drug-likeness (QED) is 0.888. The molecule has 23 heavy (non-hydrogen) atoms. The SMILES string of the molecule is CC(C)[C@H](N)C(=O)Nc1nc(-c2cccc(C(F)(F)F)c2)cs1. The molecule has 0 aliphatic rings. The standard InChI is InChI=1S/C15H16F3N3OS/c1-8(2)12(19)13(22)21-14-20-11(7-23-14)9-4-3-5-10(6-9)15(16,17)18/h3-8,12H,19H2,1-2H3,(H,20,21,22)/t12-/m0/s1. The molecule has 0 fully saturated rings. The maximum Gasteiger partial charge on any atom is 0.416 e. The van der Waals surface area contributed by atoms with Crippen molar-refractivity contribution in [1.82, 2.24) is 4.98 Å². The van der Waals surface area contributed by atoms with Gasteiger partial charge in [-0.1, -0.05) is 26.0 Å². The van der Waals surface area contributed by atoms with E-state index in [9.17, 15) is 18.0 Å². The monoisotopic (exact) mass is 343 g/mol. The Hall–Kier alpha value is -1.93. The van der Waals surface area contributed by atoms with Gasteiger partial charge in [-0.15, -0.1) is 11.3 Å². The molecule has 1 aromatic heterocycles. The molecule has 1 heterocycles. The highest BCUT2D eigenvalue weighted by atomic mass is 32.1. The van der Waals surface area contributed by atoms with Crippen molar-refractivity contribution in [1.29, 1.82) is 0 Å². The summed E-state index contributed by atoms with van der Waals surface area (Å²) in [5, 5.41) is 4.47. The summed E-state index contributed by atoms with van der Waals surface area (Å²) in [5.41, 5.74) is 5.70. The van der Waals surface area contributed by atoms with Crippen LogP contribution in [0.15, 0.2) is 29.6 Å². The lowest BCUT2D eigenvalue weighted by atomic mass is 10.1. The number of anilines is 1. The van der Waals surface area contributed by atoms with E-state index in [2.05, 4.69) is 10.3 Å². The highest BCUT2D eigenvalue weighted by Crippen LogP contribution is 2.33. The van der Waals surface area contributed by atoms with Gasteiger partial charge in [-0.2, -0.15) is 13.2 Å². The number of carbonyl (C=O) groups excluding carboxylic acids is 1. The molecule has 2 aromatic rings. The molecule has 1 amide bonds. The van der Waals surface area contributed by atoms with E-state index < -0.39 is 17.8 Å². The maximum atomic E-state index is 12.7. The Morgan fingerprint density at radius 1 is 1.35 bits per heavy atom. The Labute approximate surface area is 135 Å². The summed E-state index contributed by atoms with van der Waals surface area (Å²) in [6.07, 6.45) is -4.41. The predicted molar refractivity (Wildman–Crippen MR) is 84.0 cm³/mol. The fraction of sp³-hybridized carbons (Fsp3) is 0.333. The van der Waals surface area contributed by atoms with Gasteiger partial charge in [0.15, 0.2) is 5.13 Å². The molecule has 0 unspecified atom stereocenters. The van der Waals surface area contributed by atoms with Gasteiger partial charge in [-0.25, -0.2) is 4.98 Å². The molecule has 3 N–H and O–H groups in total. The first kappa shape index (κ1) is 17.4.